The van der Waals surface area contributed by atoms with Crippen molar-refractivity contribution in [2.75, 3.05) is 7.05 Å². The average molecular weight is 294 g/mol. The van der Waals surface area contributed by atoms with Crippen LogP contribution in [-0.4, -0.2) is 18.5 Å². The Balaban J connectivity index is 1.96. The normalized spacial score (nSPS) is 18.5. The minimum atomic E-state index is 0.133. The number of hydrogen-bond donors (Lipinski definition) is 0. The first-order valence-corrected chi connectivity index (χ1v) is 8.27. The first-order chi connectivity index (χ1) is 10.6. The lowest BCUT2D eigenvalue weighted by atomic mass is 9.89. The molecule has 22 heavy (non-hydrogen) atoms. The van der Waals surface area contributed by atoms with E-state index in [0.29, 0.717) is 0 Å². The summed E-state index contributed by atoms with van der Waals surface area (Å²) in [4.78, 5) is 16.6. The second kappa shape index (κ2) is 6.20. The number of hydrogen-bond acceptors (Lipinski definition) is 2. The SMILES string of the molecule is CN=C(CC1CCCC1)c1cc(C(C)=O)c(C2=C[CH]2)cc1C. The van der Waals surface area contributed by atoms with E-state index in [0.717, 1.165) is 34.7 Å². The summed E-state index contributed by atoms with van der Waals surface area (Å²) in [5.41, 5.74) is 6.63. The lowest BCUT2D eigenvalue weighted by Crippen LogP contribution is -2.11. The Morgan fingerprint density at radius 1 is 1.23 bits per heavy atom. The van der Waals surface area contributed by atoms with E-state index in [2.05, 4.69) is 36.5 Å². The van der Waals surface area contributed by atoms with Crippen LogP contribution in [0.15, 0.2) is 23.2 Å². The van der Waals surface area contributed by atoms with Crippen LogP contribution in [0.3, 0.4) is 0 Å². The molecule has 3 rings (SSSR count). The Hall–Kier alpha value is -1.70. The van der Waals surface area contributed by atoms with Gasteiger partial charge in [-0.1, -0.05) is 37.8 Å². The molecule has 0 N–H and O–H groups in total. The van der Waals surface area contributed by atoms with Crippen LogP contribution in [0, 0.1) is 19.3 Å². The van der Waals surface area contributed by atoms with Crippen molar-refractivity contribution in [3.05, 3.63) is 46.9 Å². The van der Waals surface area contributed by atoms with E-state index in [1.54, 1.807) is 6.92 Å². The van der Waals surface area contributed by atoms with Crippen molar-refractivity contribution >= 4 is 17.1 Å². The van der Waals surface area contributed by atoms with Crippen LogP contribution >= 0.6 is 0 Å². The second-order valence-electron chi connectivity index (χ2n) is 6.58. The summed E-state index contributed by atoms with van der Waals surface area (Å²) < 4.78 is 0. The number of aliphatic imine (C=N–C) groups is 1. The van der Waals surface area contributed by atoms with Gasteiger partial charge in [0.25, 0.3) is 0 Å². The molecule has 1 aromatic carbocycles. The lowest BCUT2D eigenvalue weighted by molar-refractivity contribution is 0.101. The Labute approximate surface area is 133 Å². The summed E-state index contributed by atoms with van der Waals surface area (Å²) in [6.07, 6.45) is 10.5. The largest absolute Gasteiger partial charge is 0.294 e. The van der Waals surface area contributed by atoms with Crippen LogP contribution in [0.1, 0.15) is 66.1 Å². The van der Waals surface area contributed by atoms with Crippen molar-refractivity contribution < 1.29 is 4.79 Å². The molecule has 1 saturated carbocycles. The van der Waals surface area contributed by atoms with Crippen molar-refractivity contribution in [1.29, 1.82) is 0 Å². The van der Waals surface area contributed by atoms with E-state index in [-0.39, 0.29) is 5.78 Å². The summed E-state index contributed by atoms with van der Waals surface area (Å²) in [6, 6.07) is 4.22. The van der Waals surface area contributed by atoms with E-state index < -0.39 is 0 Å². The predicted molar refractivity (Wildman–Crippen MR) is 92.5 cm³/mol. The smallest absolute Gasteiger partial charge is 0.160 e. The highest BCUT2D eigenvalue weighted by molar-refractivity contribution is 6.08. The van der Waals surface area contributed by atoms with Gasteiger partial charge in [0.05, 0.1) is 0 Å². The summed E-state index contributed by atoms with van der Waals surface area (Å²) in [5, 5.41) is 0. The lowest BCUT2D eigenvalue weighted by Gasteiger charge is -2.16. The Bertz CT molecular complexity index is 661. The average Bonchev–Trinajstić information content (AvgIpc) is 3.22. The fourth-order valence-electron chi connectivity index (χ4n) is 3.58. The number of carbonyl (C=O) groups excluding carboxylic acids is 1. The Morgan fingerprint density at radius 2 is 1.91 bits per heavy atom. The zero-order valence-corrected chi connectivity index (χ0v) is 13.8. The monoisotopic (exact) mass is 294 g/mol. The molecule has 0 spiro atoms. The molecule has 2 aliphatic carbocycles. The van der Waals surface area contributed by atoms with Crippen LogP contribution in [0.2, 0.25) is 0 Å². The highest BCUT2D eigenvalue weighted by atomic mass is 16.1. The number of ketones is 1. The van der Waals surface area contributed by atoms with Gasteiger partial charge in [-0.3, -0.25) is 9.79 Å². The van der Waals surface area contributed by atoms with Gasteiger partial charge >= 0.3 is 0 Å². The van der Waals surface area contributed by atoms with Gasteiger partial charge in [0, 0.05) is 24.7 Å². The quantitative estimate of drug-likeness (QED) is 0.566. The molecule has 0 aromatic heterocycles. The number of nitrogens with zero attached hydrogens (tertiary/aromatic N) is 1. The van der Waals surface area contributed by atoms with E-state index in [9.17, 15) is 4.79 Å². The van der Waals surface area contributed by atoms with Gasteiger partial charge in [-0.2, -0.15) is 0 Å². The molecule has 2 nitrogen and oxygen atoms in total. The van der Waals surface area contributed by atoms with Gasteiger partial charge < -0.3 is 0 Å². The minimum Gasteiger partial charge on any atom is -0.294 e. The van der Waals surface area contributed by atoms with E-state index in [4.69, 9.17) is 0 Å². The molecule has 1 fully saturated rings. The zero-order valence-electron chi connectivity index (χ0n) is 13.8. The maximum absolute atomic E-state index is 12.0. The summed E-state index contributed by atoms with van der Waals surface area (Å²) in [6.45, 7) is 3.78. The van der Waals surface area contributed by atoms with Crippen molar-refractivity contribution in [2.24, 2.45) is 10.9 Å². The molecule has 0 saturated heterocycles. The number of Topliss-reactive ketones (excluding diaryl/α,β-unsaturated/α-hetero) is 1. The minimum absolute atomic E-state index is 0.133. The molecule has 0 aliphatic heterocycles. The molecule has 0 bridgehead atoms. The number of aryl methyl sites for hydroxylation is 1. The molecular formula is C20H24NO. The van der Waals surface area contributed by atoms with Crippen molar-refractivity contribution in [1.82, 2.24) is 0 Å². The van der Waals surface area contributed by atoms with Gasteiger partial charge in [-0.25, -0.2) is 0 Å². The maximum atomic E-state index is 12.0. The second-order valence-corrected chi connectivity index (χ2v) is 6.58. The third-order valence-corrected chi connectivity index (χ3v) is 4.93. The van der Waals surface area contributed by atoms with Crippen LogP contribution < -0.4 is 0 Å². The maximum Gasteiger partial charge on any atom is 0.160 e. The van der Waals surface area contributed by atoms with Crippen LogP contribution in [0.5, 0.6) is 0 Å². The zero-order chi connectivity index (χ0) is 15.7. The summed E-state index contributed by atoms with van der Waals surface area (Å²) in [5.74, 6) is 0.895. The molecule has 0 unspecified atom stereocenters. The standard InChI is InChI=1S/C20H24NO/c1-13-10-19(16-8-9-16)18(14(2)22)12-17(13)20(21-3)11-15-6-4-5-7-15/h8-10,12,15H,4-7,11H2,1-3H3. The number of carbonyl (C=O) groups is 1. The summed E-state index contributed by atoms with van der Waals surface area (Å²) >= 11 is 0. The van der Waals surface area contributed by atoms with E-state index >= 15 is 0 Å². The first-order valence-electron chi connectivity index (χ1n) is 8.27. The number of benzene rings is 1. The number of allylic oxidation sites excluding steroid dienone is 2. The Morgan fingerprint density at radius 3 is 2.45 bits per heavy atom. The molecule has 0 amide bonds. The van der Waals surface area contributed by atoms with Crippen molar-refractivity contribution in [3.8, 4) is 0 Å². The molecule has 0 atom stereocenters. The van der Waals surface area contributed by atoms with Gasteiger partial charge in [0.15, 0.2) is 5.78 Å². The topological polar surface area (TPSA) is 29.4 Å². The highest BCUT2D eigenvalue weighted by Gasteiger charge is 2.22. The van der Waals surface area contributed by atoms with Crippen molar-refractivity contribution in [3.63, 3.8) is 0 Å². The molecule has 115 valence electrons. The Kier molecular flexibility index (Phi) is 4.28. The van der Waals surface area contributed by atoms with E-state index in [1.165, 1.54) is 36.8 Å². The molecule has 2 aliphatic rings. The van der Waals surface area contributed by atoms with Crippen LogP contribution in [0.4, 0.5) is 0 Å². The molecule has 2 heteroatoms. The fraction of sp³-hybridized carbons (Fsp3) is 0.450. The van der Waals surface area contributed by atoms with Gasteiger partial charge in [0.2, 0.25) is 0 Å². The molecule has 1 radical (unpaired) electrons. The van der Waals surface area contributed by atoms with Crippen LogP contribution in [0.25, 0.3) is 5.57 Å². The van der Waals surface area contributed by atoms with Crippen molar-refractivity contribution in [2.45, 2.75) is 46.0 Å². The number of rotatable bonds is 5. The predicted octanol–water partition coefficient (Wildman–Crippen LogP) is 4.80. The molecular weight excluding hydrogens is 270 g/mol. The summed E-state index contributed by atoms with van der Waals surface area (Å²) in [7, 11) is 1.88. The highest BCUT2D eigenvalue weighted by Crippen LogP contribution is 2.35. The third kappa shape index (κ3) is 3.06. The third-order valence-electron chi connectivity index (χ3n) is 4.93. The van der Waals surface area contributed by atoms with E-state index in [1.807, 2.05) is 7.05 Å². The van der Waals surface area contributed by atoms with Gasteiger partial charge in [0.1, 0.15) is 0 Å². The van der Waals surface area contributed by atoms with Gasteiger partial charge in [-0.15, -0.1) is 0 Å². The molecule has 1 aromatic rings. The first kappa shape index (κ1) is 15.2. The fourth-order valence-corrected chi connectivity index (χ4v) is 3.58. The van der Waals surface area contributed by atoms with Gasteiger partial charge in [-0.05, 0) is 54.5 Å². The van der Waals surface area contributed by atoms with Crippen LogP contribution in [-0.2, 0) is 0 Å². The molecule has 0 heterocycles.